The van der Waals surface area contributed by atoms with E-state index in [1.807, 2.05) is 24.3 Å². The highest BCUT2D eigenvalue weighted by molar-refractivity contribution is 6.51. The van der Waals surface area contributed by atoms with E-state index in [4.69, 9.17) is 14.0 Å². The smallest absolute Gasteiger partial charge is 0.301 e. The lowest BCUT2D eigenvalue weighted by molar-refractivity contribution is -0.132. The molecule has 1 N–H and O–H groups in total. The van der Waals surface area contributed by atoms with Crippen molar-refractivity contribution in [3.05, 3.63) is 76.6 Å². The molecule has 1 atom stereocenters. The molecule has 1 unspecified atom stereocenters. The SMILES string of the molecule is COc1ccc(/C(O)=C2/C(=O)C(=O)N(c3cc(C)on3)C2c2ccc(C(C)C)cc2)cc1OC. The number of aromatic nitrogens is 1. The van der Waals surface area contributed by atoms with Crippen LogP contribution in [0.5, 0.6) is 11.5 Å². The summed E-state index contributed by atoms with van der Waals surface area (Å²) in [6.45, 7) is 5.86. The number of aliphatic hydroxyl groups is 1. The van der Waals surface area contributed by atoms with E-state index in [1.165, 1.54) is 19.1 Å². The highest BCUT2D eigenvalue weighted by atomic mass is 16.5. The van der Waals surface area contributed by atoms with E-state index in [0.717, 1.165) is 5.56 Å². The molecule has 0 saturated carbocycles. The number of carbonyl (C=O) groups is 2. The van der Waals surface area contributed by atoms with Gasteiger partial charge in [-0.3, -0.25) is 14.5 Å². The van der Waals surface area contributed by atoms with Crippen LogP contribution in [0, 0.1) is 6.92 Å². The van der Waals surface area contributed by atoms with Gasteiger partial charge in [-0.1, -0.05) is 43.3 Å². The predicted molar refractivity (Wildman–Crippen MR) is 126 cm³/mol. The number of anilines is 1. The molecule has 1 aliphatic heterocycles. The first-order valence-electron chi connectivity index (χ1n) is 10.8. The van der Waals surface area contributed by atoms with E-state index in [1.54, 1.807) is 31.2 Å². The normalized spacial score (nSPS) is 17.5. The third kappa shape index (κ3) is 3.91. The Bertz CT molecular complexity index is 1270. The molecule has 1 aliphatic rings. The van der Waals surface area contributed by atoms with Gasteiger partial charge in [0.1, 0.15) is 11.5 Å². The van der Waals surface area contributed by atoms with Crippen LogP contribution in [0.1, 0.15) is 48.3 Å². The number of rotatable bonds is 6. The molecular formula is C26H26N2O6. The Labute approximate surface area is 197 Å². The van der Waals surface area contributed by atoms with Gasteiger partial charge in [-0.2, -0.15) is 0 Å². The number of hydrogen-bond donors (Lipinski definition) is 1. The summed E-state index contributed by atoms with van der Waals surface area (Å²) in [5.74, 6) is -0.0804. The zero-order valence-corrected chi connectivity index (χ0v) is 19.7. The number of methoxy groups -OCH3 is 2. The van der Waals surface area contributed by atoms with Gasteiger partial charge in [0.05, 0.1) is 25.8 Å². The molecule has 0 spiro atoms. The number of benzene rings is 2. The molecule has 3 aromatic rings. The topological polar surface area (TPSA) is 102 Å². The maximum absolute atomic E-state index is 13.2. The summed E-state index contributed by atoms with van der Waals surface area (Å²) < 4.78 is 15.8. The van der Waals surface area contributed by atoms with E-state index < -0.39 is 17.7 Å². The Kier molecular flexibility index (Phi) is 6.15. The van der Waals surface area contributed by atoms with Crippen LogP contribution < -0.4 is 14.4 Å². The van der Waals surface area contributed by atoms with Crippen LogP contribution in [0.15, 0.2) is 58.6 Å². The van der Waals surface area contributed by atoms with Crippen LogP contribution in [0.25, 0.3) is 5.76 Å². The second kappa shape index (κ2) is 9.05. The Morgan fingerprint density at radius 2 is 1.71 bits per heavy atom. The Balaban J connectivity index is 1.92. The molecule has 2 aromatic carbocycles. The number of carbonyl (C=O) groups excluding carboxylic acids is 2. The predicted octanol–water partition coefficient (Wildman–Crippen LogP) is 4.75. The van der Waals surface area contributed by atoms with Crippen LogP contribution >= 0.6 is 0 Å². The number of hydrogen-bond acceptors (Lipinski definition) is 7. The zero-order valence-electron chi connectivity index (χ0n) is 19.7. The molecule has 0 aliphatic carbocycles. The van der Waals surface area contributed by atoms with Gasteiger partial charge in [-0.15, -0.1) is 0 Å². The summed E-state index contributed by atoms with van der Waals surface area (Å²) in [6.07, 6.45) is 0. The number of Topliss-reactive ketones (excluding diaryl/α,β-unsaturated/α-hetero) is 1. The molecule has 1 aromatic heterocycles. The van der Waals surface area contributed by atoms with Gasteiger partial charge in [-0.05, 0) is 42.2 Å². The second-order valence-corrected chi connectivity index (χ2v) is 8.36. The number of amides is 1. The largest absolute Gasteiger partial charge is 0.507 e. The van der Waals surface area contributed by atoms with Gasteiger partial charge >= 0.3 is 5.91 Å². The fraction of sp³-hybridized carbons (Fsp3) is 0.269. The van der Waals surface area contributed by atoms with Gasteiger partial charge in [0.25, 0.3) is 5.78 Å². The molecule has 0 radical (unpaired) electrons. The molecule has 4 rings (SSSR count). The highest BCUT2D eigenvalue weighted by Crippen LogP contribution is 2.43. The first-order valence-corrected chi connectivity index (χ1v) is 10.8. The minimum Gasteiger partial charge on any atom is -0.507 e. The quantitative estimate of drug-likeness (QED) is 0.320. The second-order valence-electron chi connectivity index (χ2n) is 8.36. The van der Waals surface area contributed by atoms with Crippen LogP contribution in [0.4, 0.5) is 5.82 Å². The van der Waals surface area contributed by atoms with Crippen LogP contribution in [0.3, 0.4) is 0 Å². The Morgan fingerprint density at radius 3 is 2.26 bits per heavy atom. The van der Waals surface area contributed by atoms with Gasteiger partial charge in [0.15, 0.2) is 17.3 Å². The Hall–Kier alpha value is -4.07. The molecule has 8 nitrogen and oxygen atoms in total. The van der Waals surface area contributed by atoms with E-state index >= 15 is 0 Å². The van der Waals surface area contributed by atoms with Gasteiger partial charge in [-0.25, -0.2) is 0 Å². The molecule has 1 saturated heterocycles. The molecule has 2 heterocycles. The van der Waals surface area contributed by atoms with Crippen LogP contribution in [-0.2, 0) is 9.59 Å². The number of aliphatic hydroxyl groups excluding tert-OH is 1. The van der Waals surface area contributed by atoms with E-state index in [9.17, 15) is 14.7 Å². The van der Waals surface area contributed by atoms with Crippen molar-refractivity contribution in [3.8, 4) is 11.5 Å². The fourth-order valence-electron chi connectivity index (χ4n) is 4.05. The van der Waals surface area contributed by atoms with E-state index in [2.05, 4.69) is 19.0 Å². The molecule has 1 amide bonds. The third-order valence-corrected chi connectivity index (χ3v) is 5.88. The molecular weight excluding hydrogens is 436 g/mol. The van der Waals surface area contributed by atoms with Crippen molar-refractivity contribution in [3.63, 3.8) is 0 Å². The average Bonchev–Trinajstić information content (AvgIpc) is 3.38. The lowest BCUT2D eigenvalue weighted by Crippen LogP contribution is -2.29. The van der Waals surface area contributed by atoms with Crippen molar-refractivity contribution < 1.29 is 28.7 Å². The number of ether oxygens (including phenoxy) is 2. The van der Waals surface area contributed by atoms with Gasteiger partial charge in [0, 0.05) is 11.6 Å². The number of nitrogens with zero attached hydrogens (tertiary/aromatic N) is 2. The van der Waals surface area contributed by atoms with Crippen LogP contribution in [-0.4, -0.2) is 36.2 Å². The van der Waals surface area contributed by atoms with Crippen molar-refractivity contribution in [1.82, 2.24) is 5.16 Å². The number of aryl methyl sites for hydroxylation is 1. The molecule has 34 heavy (non-hydrogen) atoms. The maximum atomic E-state index is 13.2. The van der Waals surface area contributed by atoms with E-state index in [-0.39, 0.29) is 17.2 Å². The summed E-state index contributed by atoms with van der Waals surface area (Å²) in [4.78, 5) is 27.6. The summed E-state index contributed by atoms with van der Waals surface area (Å²) >= 11 is 0. The summed E-state index contributed by atoms with van der Waals surface area (Å²) in [6, 6.07) is 13.1. The maximum Gasteiger partial charge on any atom is 0.301 e. The van der Waals surface area contributed by atoms with Gasteiger partial charge in [0.2, 0.25) is 0 Å². The average molecular weight is 463 g/mol. The third-order valence-electron chi connectivity index (χ3n) is 5.88. The molecule has 1 fully saturated rings. The summed E-state index contributed by atoms with van der Waals surface area (Å²) in [7, 11) is 2.98. The van der Waals surface area contributed by atoms with Crippen molar-refractivity contribution in [2.45, 2.75) is 32.7 Å². The summed E-state index contributed by atoms with van der Waals surface area (Å²) in [5.41, 5.74) is 2.04. The van der Waals surface area contributed by atoms with Crippen molar-refractivity contribution in [2.75, 3.05) is 19.1 Å². The minimum atomic E-state index is -0.890. The van der Waals surface area contributed by atoms with E-state index in [0.29, 0.717) is 34.3 Å². The minimum absolute atomic E-state index is 0.0461. The van der Waals surface area contributed by atoms with Crippen molar-refractivity contribution in [2.24, 2.45) is 0 Å². The highest BCUT2D eigenvalue weighted by Gasteiger charge is 2.48. The van der Waals surface area contributed by atoms with Crippen LogP contribution in [0.2, 0.25) is 0 Å². The monoisotopic (exact) mass is 462 g/mol. The van der Waals surface area contributed by atoms with Crippen molar-refractivity contribution in [1.29, 1.82) is 0 Å². The van der Waals surface area contributed by atoms with Crippen molar-refractivity contribution >= 4 is 23.3 Å². The lowest BCUT2D eigenvalue weighted by atomic mass is 9.93. The standard InChI is InChI=1S/C26H26N2O6/c1-14(2)16-6-8-17(9-7-16)23-22(24(29)18-10-11-19(32-4)20(13-18)33-5)25(30)26(31)28(23)21-12-15(3)34-27-21/h6-14,23,29H,1-5H3/b24-22-. The first-order chi connectivity index (χ1) is 16.3. The fourth-order valence-corrected chi connectivity index (χ4v) is 4.05. The first kappa shape index (κ1) is 23.1. The molecule has 176 valence electrons. The molecule has 8 heteroatoms. The molecule has 0 bridgehead atoms. The lowest BCUT2D eigenvalue weighted by Gasteiger charge is -2.23. The zero-order chi connectivity index (χ0) is 24.6. The Morgan fingerprint density at radius 1 is 1.03 bits per heavy atom. The summed E-state index contributed by atoms with van der Waals surface area (Å²) in [5, 5.41) is 15.2. The number of ketones is 1. The van der Waals surface area contributed by atoms with Gasteiger partial charge < -0.3 is 19.1 Å².